The number of nitrogens with one attached hydrogen (secondary N) is 2. The molecule has 35 heavy (non-hydrogen) atoms. The Bertz CT molecular complexity index is 1150. The fourth-order valence-corrected chi connectivity index (χ4v) is 3.37. The molecule has 5 nitrogen and oxygen atoms in total. The summed E-state index contributed by atoms with van der Waals surface area (Å²) in [6, 6.07) is 9.91. The molecule has 2 aromatic carbocycles. The van der Waals surface area contributed by atoms with Gasteiger partial charge in [-0.2, -0.15) is 26.3 Å². The van der Waals surface area contributed by atoms with Gasteiger partial charge in [-0.1, -0.05) is 30.3 Å². The Labute approximate surface area is 197 Å². The van der Waals surface area contributed by atoms with Crippen LogP contribution in [0.3, 0.4) is 0 Å². The van der Waals surface area contributed by atoms with E-state index in [2.05, 4.69) is 15.6 Å². The lowest BCUT2D eigenvalue weighted by molar-refractivity contribution is -0.139. The van der Waals surface area contributed by atoms with Crippen LogP contribution in [0.5, 0.6) is 5.75 Å². The molecule has 0 fully saturated rings. The Balaban J connectivity index is 1.91. The van der Waals surface area contributed by atoms with E-state index in [4.69, 9.17) is 4.74 Å². The predicted molar refractivity (Wildman–Crippen MR) is 116 cm³/mol. The monoisotopic (exact) mass is 497 g/mol. The minimum Gasteiger partial charge on any atom is -0.494 e. The molecule has 1 heterocycles. The maximum Gasteiger partial charge on any atom is 0.418 e. The van der Waals surface area contributed by atoms with E-state index in [1.165, 1.54) is 0 Å². The van der Waals surface area contributed by atoms with Gasteiger partial charge in [0, 0.05) is 18.3 Å². The molecule has 3 aromatic rings. The van der Waals surface area contributed by atoms with Gasteiger partial charge in [0.1, 0.15) is 5.75 Å². The van der Waals surface area contributed by atoms with Gasteiger partial charge in [0.25, 0.3) is 0 Å². The molecule has 0 spiro atoms. The predicted octanol–water partition coefficient (Wildman–Crippen LogP) is 6.11. The fourth-order valence-electron chi connectivity index (χ4n) is 3.37. The van der Waals surface area contributed by atoms with Crippen molar-refractivity contribution in [3.05, 3.63) is 94.8 Å². The molecule has 0 aliphatic carbocycles. The summed E-state index contributed by atoms with van der Waals surface area (Å²) < 4.78 is 85.3. The van der Waals surface area contributed by atoms with Crippen molar-refractivity contribution >= 4 is 6.03 Å². The normalized spacial score (nSPS) is 12.7. The molecular weight excluding hydrogens is 476 g/mol. The van der Waals surface area contributed by atoms with Crippen LogP contribution >= 0.6 is 0 Å². The van der Waals surface area contributed by atoms with E-state index in [9.17, 15) is 31.1 Å². The molecule has 1 unspecified atom stereocenters. The highest BCUT2D eigenvalue weighted by molar-refractivity contribution is 5.75. The molecular formula is C24H21F6N3O2. The number of amides is 2. The van der Waals surface area contributed by atoms with Crippen molar-refractivity contribution in [2.75, 3.05) is 6.61 Å². The third-order valence-corrected chi connectivity index (χ3v) is 4.98. The molecule has 0 radical (unpaired) electrons. The molecule has 1 atom stereocenters. The summed E-state index contributed by atoms with van der Waals surface area (Å²) in [6.45, 7) is 2.17. The van der Waals surface area contributed by atoms with Crippen molar-refractivity contribution in [2.45, 2.75) is 31.9 Å². The Morgan fingerprint density at radius 3 is 2.26 bits per heavy atom. The first kappa shape index (κ1) is 25.9. The number of alkyl halides is 6. The zero-order chi connectivity index (χ0) is 25.6. The van der Waals surface area contributed by atoms with Crippen LogP contribution in [0, 0.1) is 0 Å². The van der Waals surface area contributed by atoms with E-state index in [1.54, 1.807) is 31.2 Å². The Kier molecular flexibility index (Phi) is 7.88. The van der Waals surface area contributed by atoms with Crippen LogP contribution in [0.2, 0.25) is 0 Å². The van der Waals surface area contributed by atoms with Gasteiger partial charge in [0.15, 0.2) is 0 Å². The third-order valence-electron chi connectivity index (χ3n) is 4.98. The SMILES string of the molecule is CCOc1ccccc1CNC(=O)NC(c1ccc(C(F)(F)F)cc1)c1ncccc1C(F)(F)F. The number of carbonyl (C=O) groups is 1. The summed E-state index contributed by atoms with van der Waals surface area (Å²) >= 11 is 0. The van der Waals surface area contributed by atoms with Gasteiger partial charge in [0.05, 0.1) is 29.5 Å². The van der Waals surface area contributed by atoms with E-state index in [0.29, 0.717) is 17.9 Å². The van der Waals surface area contributed by atoms with E-state index < -0.39 is 41.2 Å². The van der Waals surface area contributed by atoms with Crippen molar-refractivity contribution in [2.24, 2.45) is 0 Å². The molecule has 11 heteroatoms. The summed E-state index contributed by atoms with van der Waals surface area (Å²) in [6.07, 6.45) is -8.32. The lowest BCUT2D eigenvalue weighted by Crippen LogP contribution is -2.39. The summed E-state index contributed by atoms with van der Waals surface area (Å²) in [5.41, 5.74) is -2.03. The fraction of sp³-hybridized carbons (Fsp3) is 0.250. The van der Waals surface area contributed by atoms with E-state index in [-0.39, 0.29) is 12.1 Å². The average Bonchev–Trinajstić information content (AvgIpc) is 2.81. The molecule has 3 rings (SSSR count). The topological polar surface area (TPSA) is 63.2 Å². The van der Waals surface area contributed by atoms with Crippen LogP contribution in [0.1, 0.15) is 40.9 Å². The number of carbonyl (C=O) groups excluding carboxylic acids is 1. The second-order valence-corrected chi connectivity index (χ2v) is 7.35. The average molecular weight is 497 g/mol. The van der Waals surface area contributed by atoms with Crippen molar-refractivity contribution in [3.8, 4) is 5.75 Å². The second-order valence-electron chi connectivity index (χ2n) is 7.35. The van der Waals surface area contributed by atoms with Gasteiger partial charge in [-0.15, -0.1) is 0 Å². The number of nitrogens with zero attached hydrogens (tertiary/aromatic N) is 1. The maximum absolute atomic E-state index is 13.6. The second kappa shape index (κ2) is 10.7. The number of hydrogen-bond acceptors (Lipinski definition) is 3. The van der Waals surface area contributed by atoms with E-state index in [0.717, 1.165) is 42.6 Å². The summed E-state index contributed by atoms with van der Waals surface area (Å²) in [5, 5.41) is 4.95. The number of urea groups is 1. The lowest BCUT2D eigenvalue weighted by Gasteiger charge is -2.23. The minimum absolute atomic E-state index is 0.00388. The first-order chi connectivity index (χ1) is 16.5. The minimum atomic E-state index is -4.80. The van der Waals surface area contributed by atoms with Crippen molar-refractivity contribution in [1.82, 2.24) is 15.6 Å². The summed E-state index contributed by atoms with van der Waals surface area (Å²) in [7, 11) is 0. The Morgan fingerprint density at radius 1 is 0.943 bits per heavy atom. The van der Waals surface area contributed by atoms with E-state index in [1.807, 2.05) is 0 Å². The van der Waals surface area contributed by atoms with Gasteiger partial charge in [-0.3, -0.25) is 4.98 Å². The van der Waals surface area contributed by atoms with Crippen LogP contribution < -0.4 is 15.4 Å². The van der Waals surface area contributed by atoms with E-state index >= 15 is 0 Å². The van der Waals surface area contributed by atoms with Crippen molar-refractivity contribution in [1.29, 1.82) is 0 Å². The zero-order valence-electron chi connectivity index (χ0n) is 18.4. The van der Waals surface area contributed by atoms with Gasteiger partial charge in [-0.05, 0) is 42.8 Å². The Hall–Kier alpha value is -3.76. The van der Waals surface area contributed by atoms with Gasteiger partial charge in [-0.25, -0.2) is 4.79 Å². The van der Waals surface area contributed by atoms with Gasteiger partial charge in [0.2, 0.25) is 0 Å². The molecule has 0 bridgehead atoms. The van der Waals surface area contributed by atoms with Crippen LogP contribution in [0.4, 0.5) is 31.1 Å². The maximum atomic E-state index is 13.6. The van der Waals surface area contributed by atoms with Crippen LogP contribution in [0.25, 0.3) is 0 Å². The van der Waals surface area contributed by atoms with Gasteiger partial charge >= 0.3 is 18.4 Å². The highest BCUT2D eigenvalue weighted by Gasteiger charge is 2.37. The third kappa shape index (κ3) is 6.65. The molecule has 0 aliphatic rings. The molecule has 2 N–H and O–H groups in total. The summed E-state index contributed by atoms with van der Waals surface area (Å²) in [5.74, 6) is 0.527. The number of pyridine rings is 1. The largest absolute Gasteiger partial charge is 0.494 e. The van der Waals surface area contributed by atoms with Crippen LogP contribution in [-0.2, 0) is 18.9 Å². The van der Waals surface area contributed by atoms with Crippen LogP contribution in [-0.4, -0.2) is 17.6 Å². The van der Waals surface area contributed by atoms with Crippen molar-refractivity contribution < 1.29 is 35.9 Å². The smallest absolute Gasteiger partial charge is 0.418 e. The first-order valence-electron chi connectivity index (χ1n) is 10.4. The van der Waals surface area contributed by atoms with Crippen LogP contribution in [0.15, 0.2) is 66.9 Å². The molecule has 0 saturated heterocycles. The number of hydrogen-bond donors (Lipinski definition) is 2. The van der Waals surface area contributed by atoms with Gasteiger partial charge < -0.3 is 15.4 Å². The van der Waals surface area contributed by atoms with Crippen molar-refractivity contribution in [3.63, 3.8) is 0 Å². The number of ether oxygens (including phenoxy) is 1. The standard InChI is InChI=1S/C24H21F6N3O2/c1-2-35-19-8-4-3-6-16(19)14-32-22(34)33-20(15-9-11-17(12-10-15)23(25,26)27)21-18(24(28,29)30)7-5-13-31-21/h3-13,20H,2,14H2,1H3,(H2,32,33,34). The molecule has 186 valence electrons. The zero-order valence-corrected chi connectivity index (χ0v) is 18.4. The number of benzene rings is 2. The number of aromatic nitrogens is 1. The molecule has 0 aliphatic heterocycles. The highest BCUT2D eigenvalue weighted by Crippen LogP contribution is 2.36. The number of halogens is 6. The Morgan fingerprint density at radius 2 is 1.63 bits per heavy atom. The first-order valence-corrected chi connectivity index (χ1v) is 10.4. The molecule has 0 saturated carbocycles. The number of para-hydroxylation sites is 1. The summed E-state index contributed by atoms with van der Waals surface area (Å²) in [4.78, 5) is 16.5. The highest BCUT2D eigenvalue weighted by atomic mass is 19.4. The quantitative estimate of drug-likeness (QED) is 0.388. The molecule has 1 aromatic heterocycles. The number of rotatable bonds is 7. The lowest BCUT2D eigenvalue weighted by atomic mass is 9.98. The molecule has 2 amide bonds.